The molecule has 0 bridgehead atoms. The number of benzene rings is 1. The highest BCUT2D eigenvalue weighted by Crippen LogP contribution is 2.20. The molecule has 1 N–H and O–H groups in total. The van der Waals surface area contributed by atoms with Crippen molar-refractivity contribution >= 4 is 11.6 Å². The molecule has 0 aliphatic heterocycles. The summed E-state index contributed by atoms with van der Waals surface area (Å²) in [6, 6.07) is 2.71. The van der Waals surface area contributed by atoms with Crippen LogP contribution in [0.25, 0.3) is 0 Å². The zero-order valence-corrected chi connectivity index (χ0v) is 12.1. The van der Waals surface area contributed by atoms with Crippen LogP contribution in [0.5, 0.6) is 0 Å². The molecule has 0 unspecified atom stereocenters. The summed E-state index contributed by atoms with van der Waals surface area (Å²) in [5.41, 5.74) is -0.683. The van der Waals surface area contributed by atoms with Gasteiger partial charge in [0.05, 0.1) is 17.1 Å². The lowest BCUT2D eigenvalue weighted by molar-refractivity contribution is -0.384. The molecule has 7 heteroatoms. The molecular formula is C14H19FN2O4. The number of hydrogen-bond donors (Lipinski definition) is 1. The van der Waals surface area contributed by atoms with Crippen molar-refractivity contribution in [2.24, 2.45) is 0 Å². The van der Waals surface area contributed by atoms with Crippen LogP contribution in [0.4, 0.5) is 10.1 Å². The molecule has 1 aromatic rings. The van der Waals surface area contributed by atoms with E-state index in [1.54, 1.807) is 0 Å². The smallest absolute Gasteiger partial charge is 0.270 e. The average Bonchev–Trinajstić information content (AvgIpc) is 2.47. The summed E-state index contributed by atoms with van der Waals surface area (Å²) < 4.78 is 13.8. The molecule has 0 spiro atoms. The van der Waals surface area contributed by atoms with E-state index < -0.39 is 16.6 Å². The SMILES string of the molecule is CCC(CC)N(CCO)C(=O)c1cc([N+](=O)[O-])ccc1F. The topological polar surface area (TPSA) is 83.7 Å². The Morgan fingerprint density at radius 3 is 2.52 bits per heavy atom. The maximum absolute atomic E-state index is 13.8. The molecule has 1 amide bonds. The second-order valence-electron chi connectivity index (χ2n) is 4.61. The van der Waals surface area contributed by atoms with Gasteiger partial charge in [-0.15, -0.1) is 0 Å². The van der Waals surface area contributed by atoms with Crippen LogP contribution in [0.2, 0.25) is 0 Å². The lowest BCUT2D eigenvalue weighted by Gasteiger charge is -2.30. The van der Waals surface area contributed by atoms with Crippen LogP contribution in [0.3, 0.4) is 0 Å². The van der Waals surface area contributed by atoms with Crippen molar-refractivity contribution < 1.29 is 19.2 Å². The highest BCUT2D eigenvalue weighted by molar-refractivity contribution is 5.95. The molecule has 0 radical (unpaired) electrons. The van der Waals surface area contributed by atoms with Crippen LogP contribution in [-0.2, 0) is 0 Å². The van der Waals surface area contributed by atoms with E-state index in [2.05, 4.69) is 0 Å². The summed E-state index contributed by atoms with van der Waals surface area (Å²) in [5, 5.41) is 19.8. The minimum absolute atomic E-state index is 0.0628. The molecule has 0 aliphatic rings. The fourth-order valence-electron chi connectivity index (χ4n) is 2.23. The second-order valence-corrected chi connectivity index (χ2v) is 4.61. The third-order valence-corrected chi connectivity index (χ3v) is 3.38. The van der Waals surface area contributed by atoms with E-state index in [0.29, 0.717) is 12.8 Å². The first kappa shape index (κ1) is 17.0. The molecule has 1 rings (SSSR count). The van der Waals surface area contributed by atoms with Crippen LogP contribution in [0.15, 0.2) is 18.2 Å². The molecule has 0 saturated heterocycles. The Morgan fingerprint density at radius 1 is 1.43 bits per heavy atom. The van der Waals surface area contributed by atoms with Gasteiger partial charge in [0.15, 0.2) is 0 Å². The number of non-ortho nitro benzene ring substituents is 1. The van der Waals surface area contributed by atoms with Crippen LogP contribution >= 0.6 is 0 Å². The molecule has 0 aliphatic carbocycles. The minimum Gasteiger partial charge on any atom is -0.395 e. The molecule has 0 saturated carbocycles. The van der Waals surface area contributed by atoms with Crippen LogP contribution in [0.1, 0.15) is 37.0 Å². The van der Waals surface area contributed by atoms with Crippen LogP contribution in [0, 0.1) is 15.9 Å². The molecule has 0 heterocycles. The summed E-state index contributed by atoms with van der Waals surface area (Å²) in [7, 11) is 0. The first-order valence-corrected chi connectivity index (χ1v) is 6.81. The van der Waals surface area contributed by atoms with E-state index in [1.165, 1.54) is 4.90 Å². The first-order valence-electron chi connectivity index (χ1n) is 6.81. The summed E-state index contributed by atoms with van der Waals surface area (Å²) in [4.78, 5) is 23.9. The normalized spacial score (nSPS) is 10.7. The molecule has 0 aromatic heterocycles. The van der Waals surface area contributed by atoms with Crippen LogP contribution < -0.4 is 0 Å². The fourth-order valence-corrected chi connectivity index (χ4v) is 2.23. The number of aliphatic hydroxyl groups excluding tert-OH is 1. The molecule has 0 fully saturated rings. The van der Waals surface area contributed by atoms with E-state index in [9.17, 15) is 19.3 Å². The largest absolute Gasteiger partial charge is 0.395 e. The van der Waals surface area contributed by atoms with Crippen molar-refractivity contribution in [3.05, 3.63) is 39.7 Å². The summed E-state index contributed by atoms with van der Waals surface area (Å²) in [5.74, 6) is -1.45. The molecule has 6 nitrogen and oxygen atoms in total. The van der Waals surface area contributed by atoms with Crippen molar-refractivity contribution in [3.63, 3.8) is 0 Å². The number of carbonyl (C=O) groups excluding carboxylic acids is 1. The fraction of sp³-hybridized carbons (Fsp3) is 0.500. The third-order valence-electron chi connectivity index (χ3n) is 3.38. The Hall–Kier alpha value is -2.02. The van der Waals surface area contributed by atoms with Gasteiger partial charge in [0, 0.05) is 24.7 Å². The Labute approximate surface area is 122 Å². The number of nitro benzene ring substituents is 1. The number of rotatable bonds is 7. The van der Waals surface area contributed by atoms with Gasteiger partial charge in [-0.05, 0) is 18.9 Å². The maximum atomic E-state index is 13.8. The first-order chi connectivity index (χ1) is 9.96. The molecular weight excluding hydrogens is 279 g/mol. The molecule has 116 valence electrons. The van der Waals surface area contributed by atoms with Gasteiger partial charge in [-0.25, -0.2) is 4.39 Å². The standard InChI is InChI=1S/C14H19FN2O4/c1-3-10(4-2)16(7-8-18)14(19)12-9-11(17(20)21)5-6-13(12)15/h5-6,9-10,18H,3-4,7-8H2,1-2H3. The second kappa shape index (κ2) is 7.68. The van der Waals surface area contributed by atoms with Gasteiger partial charge in [0.25, 0.3) is 11.6 Å². The lowest BCUT2D eigenvalue weighted by atomic mass is 10.1. The molecule has 0 atom stereocenters. The van der Waals surface area contributed by atoms with E-state index in [4.69, 9.17) is 5.11 Å². The summed E-state index contributed by atoms with van der Waals surface area (Å²) in [6.45, 7) is 3.58. The number of hydrogen-bond acceptors (Lipinski definition) is 4. The van der Waals surface area contributed by atoms with Crippen molar-refractivity contribution in [1.82, 2.24) is 4.90 Å². The number of halogens is 1. The summed E-state index contributed by atoms with van der Waals surface area (Å²) >= 11 is 0. The van der Waals surface area contributed by atoms with Gasteiger partial charge in [-0.1, -0.05) is 13.8 Å². The van der Waals surface area contributed by atoms with Gasteiger partial charge >= 0.3 is 0 Å². The van der Waals surface area contributed by atoms with Gasteiger partial charge in [0.2, 0.25) is 0 Å². The lowest BCUT2D eigenvalue weighted by Crippen LogP contribution is -2.42. The van der Waals surface area contributed by atoms with E-state index in [-0.39, 0.29) is 30.4 Å². The predicted molar refractivity (Wildman–Crippen MR) is 75.5 cm³/mol. The maximum Gasteiger partial charge on any atom is 0.270 e. The van der Waals surface area contributed by atoms with Crippen molar-refractivity contribution in [3.8, 4) is 0 Å². The highest BCUT2D eigenvalue weighted by atomic mass is 19.1. The highest BCUT2D eigenvalue weighted by Gasteiger charge is 2.25. The summed E-state index contributed by atoms with van der Waals surface area (Å²) in [6.07, 6.45) is 1.30. The number of nitrogens with zero attached hydrogens (tertiary/aromatic N) is 2. The Bertz CT molecular complexity index is 518. The number of carbonyl (C=O) groups is 1. The Balaban J connectivity index is 3.19. The molecule has 21 heavy (non-hydrogen) atoms. The van der Waals surface area contributed by atoms with E-state index >= 15 is 0 Å². The van der Waals surface area contributed by atoms with Crippen molar-refractivity contribution in [1.29, 1.82) is 0 Å². The van der Waals surface area contributed by atoms with E-state index in [1.807, 2.05) is 13.8 Å². The third kappa shape index (κ3) is 3.98. The Morgan fingerprint density at radius 2 is 2.05 bits per heavy atom. The van der Waals surface area contributed by atoms with Gasteiger partial charge in [-0.3, -0.25) is 14.9 Å². The van der Waals surface area contributed by atoms with Gasteiger partial charge < -0.3 is 10.0 Å². The minimum atomic E-state index is -0.806. The Kier molecular flexibility index (Phi) is 6.23. The average molecular weight is 298 g/mol. The zero-order valence-electron chi connectivity index (χ0n) is 12.1. The van der Waals surface area contributed by atoms with E-state index in [0.717, 1.165) is 18.2 Å². The monoisotopic (exact) mass is 298 g/mol. The van der Waals surface area contributed by atoms with Crippen LogP contribution in [-0.4, -0.2) is 40.0 Å². The molecule has 1 aromatic carbocycles. The number of aliphatic hydroxyl groups is 1. The van der Waals surface area contributed by atoms with Crippen molar-refractivity contribution in [2.45, 2.75) is 32.7 Å². The van der Waals surface area contributed by atoms with Gasteiger partial charge in [-0.2, -0.15) is 0 Å². The quantitative estimate of drug-likeness (QED) is 0.618. The number of amides is 1. The zero-order chi connectivity index (χ0) is 16.0. The van der Waals surface area contributed by atoms with Gasteiger partial charge in [0.1, 0.15) is 5.82 Å². The predicted octanol–water partition coefficient (Wildman–Crippen LogP) is 2.36. The number of nitro groups is 1. The van der Waals surface area contributed by atoms with Crippen molar-refractivity contribution in [2.75, 3.05) is 13.2 Å².